The van der Waals surface area contributed by atoms with Crippen molar-refractivity contribution in [3.05, 3.63) is 48.0 Å². The molecular formula is C16H20ClNS. The van der Waals surface area contributed by atoms with E-state index in [-0.39, 0.29) is 12.4 Å². The normalized spacial score (nSPS) is 16.2. The Morgan fingerprint density at radius 1 is 0.895 bits per heavy atom. The van der Waals surface area contributed by atoms with Gasteiger partial charge in [-0.2, -0.15) is 0 Å². The molecule has 102 valence electrons. The van der Waals surface area contributed by atoms with Crippen molar-refractivity contribution in [2.45, 2.75) is 25.0 Å². The van der Waals surface area contributed by atoms with Gasteiger partial charge in [0.15, 0.2) is 0 Å². The summed E-state index contributed by atoms with van der Waals surface area (Å²) in [5.41, 5.74) is 1.43. The minimum atomic E-state index is 0. The summed E-state index contributed by atoms with van der Waals surface area (Å²) >= 11 is 1.99. The van der Waals surface area contributed by atoms with Crippen LogP contribution in [0.2, 0.25) is 0 Å². The van der Waals surface area contributed by atoms with Crippen LogP contribution in [0, 0.1) is 0 Å². The van der Waals surface area contributed by atoms with Crippen molar-refractivity contribution in [2.75, 3.05) is 13.1 Å². The van der Waals surface area contributed by atoms with Gasteiger partial charge in [0.25, 0.3) is 0 Å². The molecule has 0 aliphatic carbocycles. The van der Waals surface area contributed by atoms with Gasteiger partial charge >= 0.3 is 0 Å². The largest absolute Gasteiger partial charge is 0.250 e. The zero-order valence-electron chi connectivity index (χ0n) is 11.0. The number of piperidine rings is 1. The predicted octanol–water partition coefficient (Wildman–Crippen LogP) is 4.90. The van der Waals surface area contributed by atoms with E-state index in [0.29, 0.717) is 0 Å². The second kappa shape index (κ2) is 7.18. The zero-order valence-corrected chi connectivity index (χ0v) is 12.7. The highest BCUT2D eigenvalue weighted by atomic mass is 35.5. The summed E-state index contributed by atoms with van der Waals surface area (Å²) < 4.78 is 2.53. The molecule has 0 aromatic heterocycles. The molecule has 1 heterocycles. The molecule has 0 unspecified atom stereocenters. The van der Waals surface area contributed by atoms with E-state index in [1.807, 2.05) is 11.9 Å². The third-order valence-electron chi connectivity index (χ3n) is 3.54. The maximum atomic E-state index is 2.53. The molecule has 0 N–H and O–H groups in total. The van der Waals surface area contributed by atoms with E-state index in [1.165, 1.54) is 48.7 Å². The molecule has 1 aliphatic heterocycles. The van der Waals surface area contributed by atoms with E-state index in [1.54, 1.807) is 0 Å². The Balaban J connectivity index is 0.00000133. The van der Waals surface area contributed by atoms with E-state index < -0.39 is 0 Å². The second-order valence-electron chi connectivity index (χ2n) is 4.94. The number of nitrogens with zero attached hydrogens (tertiary/aromatic N) is 1. The molecule has 3 heteroatoms. The fraction of sp³-hybridized carbons (Fsp3) is 0.375. The topological polar surface area (TPSA) is 3.24 Å². The summed E-state index contributed by atoms with van der Waals surface area (Å²) in [4.78, 5) is 0. The first-order valence-corrected chi connectivity index (χ1v) is 7.72. The Bertz CT molecular complexity index is 523. The van der Waals surface area contributed by atoms with Gasteiger partial charge in [0, 0.05) is 18.8 Å². The van der Waals surface area contributed by atoms with Crippen molar-refractivity contribution in [1.29, 1.82) is 0 Å². The van der Waals surface area contributed by atoms with Crippen molar-refractivity contribution < 1.29 is 0 Å². The Hall–Kier alpha value is -0.700. The Kier molecular flexibility index (Phi) is 5.56. The molecule has 0 radical (unpaired) electrons. The Morgan fingerprint density at radius 3 is 2.42 bits per heavy atom. The van der Waals surface area contributed by atoms with Crippen LogP contribution in [0.4, 0.5) is 0 Å². The molecular weight excluding hydrogens is 274 g/mol. The van der Waals surface area contributed by atoms with Crippen molar-refractivity contribution in [3.8, 4) is 0 Å². The van der Waals surface area contributed by atoms with Crippen LogP contribution in [-0.2, 0) is 5.75 Å². The molecule has 3 rings (SSSR count). The first kappa shape index (κ1) is 14.7. The molecule has 1 fully saturated rings. The molecule has 1 saturated heterocycles. The highest BCUT2D eigenvalue weighted by Crippen LogP contribution is 2.24. The number of hydrogen-bond acceptors (Lipinski definition) is 2. The predicted molar refractivity (Wildman–Crippen MR) is 87.9 cm³/mol. The molecule has 1 nitrogen and oxygen atoms in total. The highest BCUT2D eigenvalue weighted by molar-refractivity contribution is 7.96. The summed E-state index contributed by atoms with van der Waals surface area (Å²) in [6.07, 6.45) is 4.14. The number of halogens is 1. The van der Waals surface area contributed by atoms with Gasteiger partial charge in [-0.05, 0) is 29.2 Å². The fourth-order valence-corrected chi connectivity index (χ4v) is 3.52. The molecule has 19 heavy (non-hydrogen) atoms. The van der Waals surface area contributed by atoms with Gasteiger partial charge in [-0.3, -0.25) is 4.31 Å². The van der Waals surface area contributed by atoms with Gasteiger partial charge in [0.05, 0.1) is 0 Å². The lowest BCUT2D eigenvalue weighted by Gasteiger charge is -2.25. The molecule has 2 aromatic carbocycles. The summed E-state index contributed by atoms with van der Waals surface area (Å²) in [5.74, 6) is 1.10. The number of rotatable bonds is 3. The third kappa shape index (κ3) is 3.88. The molecule has 0 atom stereocenters. The van der Waals surface area contributed by atoms with Crippen LogP contribution in [0.15, 0.2) is 42.5 Å². The smallest absolute Gasteiger partial charge is 0.0332 e. The monoisotopic (exact) mass is 293 g/mol. The Morgan fingerprint density at radius 2 is 1.63 bits per heavy atom. The van der Waals surface area contributed by atoms with Crippen molar-refractivity contribution in [1.82, 2.24) is 4.31 Å². The van der Waals surface area contributed by atoms with Crippen LogP contribution in [0.1, 0.15) is 24.8 Å². The first-order chi connectivity index (χ1) is 8.92. The summed E-state index contributed by atoms with van der Waals surface area (Å²) in [5, 5.41) is 2.69. The molecule has 2 aromatic rings. The molecule has 0 saturated carbocycles. The maximum absolute atomic E-state index is 2.53. The van der Waals surface area contributed by atoms with Crippen LogP contribution >= 0.6 is 24.4 Å². The number of fused-ring (bicyclic) bond motifs is 1. The van der Waals surface area contributed by atoms with Gasteiger partial charge in [-0.1, -0.05) is 60.8 Å². The van der Waals surface area contributed by atoms with Crippen LogP contribution in [0.3, 0.4) is 0 Å². The molecule has 0 amide bonds. The van der Waals surface area contributed by atoms with Gasteiger partial charge in [-0.25, -0.2) is 0 Å². The van der Waals surface area contributed by atoms with E-state index in [4.69, 9.17) is 0 Å². The van der Waals surface area contributed by atoms with Crippen LogP contribution in [-0.4, -0.2) is 17.4 Å². The minimum Gasteiger partial charge on any atom is -0.250 e. The molecule has 0 bridgehead atoms. The molecule has 1 aliphatic rings. The summed E-state index contributed by atoms with van der Waals surface area (Å²) in [7, 11) is 0. The van der Waals surface area contributed by atoms with E-state index in [9.17, 15) is 0 Å². The van der Waals surface area contributed by atoms with Crippen LogP contribution < -0.4 is 0 Å². The zero-order chi connectivity index (χ0) is 12.2. The van der Waals surface area contributed by atoms with Gasteiger partial charge < -0.3 is 0 Å². The van der Waals surface area contributed by atoms with Gasteiger partial charge in [0.2, 0.25) is 0 Å². The number of hydrogen-bond donors (Lipinski definition) is 0. The maximum Gasteiger partial charge on any atom is 0.0332 e. The second-order valence-corrected chi connectivity index (χ2v) is 6.01. The lowest BCUT2D eigenvalue weighted by molar-refractivity contribution is 0.380. The average molecular weight is 294 g/mol. The summed E-state index contributed by atoms with van der Waals surface area (Å²) in [6.45, 7) is 2.52. The third-order valence-corrected chi connectivity index (χ3v) is 4.74. The lowest BCUT2D eigenvalue weighted by atomic mass is 10.1. The minimum absolute atomic E-state index is 0. The van der Waals surface area contributed by atoms with Crippen molar-refractivity contribution in [3.63, 3.8) is 0 Å². The van der Waals surface area contributed by atoms with Crippen molar-refractivity contribution in [2.24, 2.45) is 0 Å². The SMILES string of the molecule is Cl.c1ccc2cc(CSN3CCCCC3)ccc2c1. The standard InChI is InChI=1S/C16H19NS.ClH/c1-4-10-17(11-5-1)18-13-14-8-9-15-6-2-3-7-16(15)12-14;/h2-3,6-9,12H,1,4-5,10-11,13H2;1H. The lowest BCUT2D eigenvalue weighted by Crippen LogP contribution is -2.23. The fourth-order valence-electron chi connectivity index (χ4n) is 2.49. The van der Waals surface area contributed by atoms with Gasteiger partial charge in [-0.15, -0.1) is 12.4 Å². The summed E-state index contributed by atoms with van der Waals surface area (Å²) in [6, 6.07) is 15.4. The molecule has 0 spiro atoms. The quantitative estimate of drug-likeness (QED) is 0.741. The Labute approximate surface area is 125 Å². The number of benzene rings is 2. The van der Waals surface area contributed by atoms with Crippen LogP contribution in [0.25, 0.3) is 10.8 Å². The van der Waals surface area contributed by atoms with E-state index >= 15 is 0 Å². The van der Waals surface area contributed by atoms with E-state index in [0.717, 1.165) is 5.75 Å². The average Bonchev–Trinajstić information content (AvgIpc) is 2.46. The highest BCUT2D eigenvalue weighted by Gasteiger charge is 2.10. The van der Waals surface area contributed by atoms with Crippen molar-refractivity contribution >= 4 is 35.1 Å². The van der Waals surface area contributed by atoms with E-state index in [2.05, 4.69) is 46.8 Å². The van der Waals surface area contributed by atoms with Gasteiger partial charge in [0.1, 0.15) is 0 Å². The first-order valence-electron chi connectivity index (χ1n) is 6.77. The van der Waals surface area contributed by atoms with Crippen LogP contribution in [0.5, 0.6) is 0 Å².